The first-order valence-corrected chi connectivity index (χ1v) is 4.75. The van der Waals surface area contributed by atoms with Gasteiger partial charge in [0.1, 0.15) is 11.6 Å². The molecule has 1 rings (SSSR count). The summed E-state index contributed by atoms with van der Waals surface area (Å²) in [6.07, 6.45) is 0. The third kappa shape index (κ3) is 3.22. The van der Waals surface area contributed by atoms with E-state index < -0.39 is 0 Å². The van der Waals surface area contributed by atoms with E-state index in [1.54, 1.807) is 0 Å². The highest BCUT2D eigenvalue weighted by molar-refractivity contribution is 5.44. The Morgan fingerprint density at radius 2 is 2.14 bits per heavy atom. The second kappa shape index (κ2) is 5.44. The molecule has 0 aromatic carbocycles. The highest BCUT2D eigenvalue weighted by Crippen LogP contribution is 2.08. The predicted molar refractivity (Wildman–Crippen MR) is 58.5 cm³/mol. The Balaban J connectivity index is 2.50. The van der Waals surface area contributed by atoms with Crippen LogP contribution in [0.5, 0.6) is 0 Å². The molecule has 3 N–H and O–H groups in total. The van der Waals surface area contributed by atoms with E-state index in [1.165, 1.54) is 0 Å². The first kappa shape index (κ1) is 10.8. The molecule has 0 fully saturated rings. The number of hydrogen-bond acceptors (Lipinski definition) is 4. The zero-order valence-electron chi connectivity index (χ0n) is 8.62. The van der Waals surface area contributed by atoms with Crippen LogP contribution in [0.2, 0.25) is 0 Å². The summed E-state index contributed by atoms with van der Waals surface area (Å²) in [4.78, 5) is 4.29. The van der Waals surface area contributed by atoms with Crippen LogP contribution < -0.4 is 10.6 Å². The Kier molecular flexibility index (Phi) is 4.19. The Morgan fingerprint density at radius 1 is 1.43 bits per heavy atom. The summed E-state index contributed by atoms with van der Waals surface area (Å²) in [5, 5.41) is 15.0. The highest BCUT2D eigenvalue weighted by atomic mass is 16.3. The van der Waals surface area contributed by atoms with Crippen LogP contribution in [0.1, 0.15) is 6.92 Å². The van der Waals surface area contributed by atoms with E-state index in [0.717, 1.165) is 18.2 Å². The Morgan fingerprint density at radius 3 is 2.79 bits per heavy atom. The molecule has 1 heterocycles. The smallest absolute Gasteiger partial charge is 0.128 e. The largest absolute Gasteiger partial charge is 0.396 e. The van der Waals surface area contributed by atoms with Gasteiger partial charge < -0.3 is 15.7 Å². The van der Waals surface area contributed by atoms with Crippen LogP contribution in [0.15, 0.2) is 18.2 Å². The summed E-state index contributed by atoms with van der Waals surface area (Å²) in [6.45, 7) is 2.91. The molecule has 0 bridgehead atoms. The first-order chi connectivity index (χ1) is 6.76. The number of rotatable bonds is 5. The SMILES string of the molecule is CNc1cccc(NCC(C)CO)n1. The summed E-state index contributed by atoms with van der Waals surface area (Å²) in [6, 6.07) is 5.75. The standard InChI is InChI=1S/C10H17N3O/c1-8(7-14)6-12-10-5-3-4-9(11-2)13-10/h3-5,8,14H,6-7H2,1-2H3,(H2,11,12,13). The Bertz CT molecular complexity index is 278. The monoisotopic (exact) mass is 195 g/mol. The second-order valence-corrected chi connectivity index (χ2v) is 3.33. The minimum atomic E-state index is 0.193. The lowest BCUT2D eigenvalue weighted by molar-refractivity contribution is 0.244. The Labute approximate surface area is 84.4 Å². The van der Waals surface area contributed by atoms with Crippen molar-refractivity contribution in [1.82, 2.24) is 4.98 Å². The van der Waals surface area contributed by atoms with Crippen molar-refractivity contribution in [1.29, 1.82) is 0 Å². The lowest BCUT2D eigenvalue weighted by Gasteiger charge is -2.10. The number of hydrogen-bond donors (Lipinski definition) is 3. The van der Waals surface area contributed by atoms with Crippen molar-refractivity contribution < 1.29 is 5.11 Å². The minimum absolute atomic E-state index is 0.193. The fourth-order valence-corrected chi connectivity index (χ4v) is 1.02. The highest BCUT2D eigenvalue weighted by Gasteiger charge is 2.00. The van der Waals surface area contributed by atoms with Crippen LogP contribution in [0.4, 0.5) is 11.6 Å². The van der Waals surface area contributed by atoms with Crippen LogP contribution in [-0.4, -0.2) is 30.3 Å². The summed E-state index contributed by atoms with van der Waals surface area (Å²) in [7, 11) is 1.84. The van der Waals surface area contributed by atoms with E-state index in [-0.39, 0.29) is 12.5 Å². The molecule has 4 heteroatoms. The fourth-order valence-electron chi connectivity index (χ4n) is 1.02. The summed E-state index contributed by atoms with van der Waals surface area (Å²) < 4.78 is 0. The maximum absolute atomic E-state index is 8.84. The van der Waals surface area contributed by atoms with Gasteiger partial charge in [-0.25, -0.2) is 4.98 Å². The number of pyridine rings is 1. The van der Waals surface area contributed by atoms with Gasteiger partial charge in [0.05, 0.1) is 0 Å². The van der Waals surface area contributed by atoms with Crippen molar-refractivity contribution in [3.8, 4) is 0 Å². The summed E-state index contributed by atoms with van der Waals surface area (Å²) >= 11 is 0. The molecule has 0 radical (unpaired) electrons. The third-order valence-corrected chi connectivity index (χ3v) is 1.95. The molecule has 4 nitrogen and oxygen atoms in total. The van der Waals surface area contributed by atoms with Gasteiger partial charge in [-0.3, -0.25) is 0 Å². The second-order valence-electron chi connectivity index (χ2n) is 3.33. The molecule has 0 aliphatic rings. The summed E-state index contributed by atoms with van der Waals surface area (Å²) in [5.41, 5.74) is 0. The van der Waals surface area contributed by atoms with Crippen molar-refractivity contribution in [2.24, 2.45) is 5.92 Å². The van der Waals surface area contributed by atoms with Gasteiger partial charge in [0, 0.05) is 20.2 Å². The average molecular weight is 195 g/mol. The van der Waals surface area contributed by atoms with E-state index in [9.17, 15) is 0 Å². The molecule has 0 aliphatic carbocycles. The quantitative estimate of drug-likeness (QED) is 0.660. The van der Waals surface area contributed by atoms with Gasteiger partial charge in [-0.2, -0.15) is 0 Å². The van der Waals surface area contributed by atoms with Crippen molar-refractivity contribution in [2.45, 2.75) is 6.92 Å². The molecule has 1 aromatic heterocycles. The molecule has 0 aliphatic heterocycles. The van der Waals surface area contributed by atoms with Gasteiger partial charge in [-0.1, -0.05) is 13.0 Å². The number of aliphatic hydroxyl groups is 1. The van der Waals surface area contributed by atoms with Crippen molar-refractivity contribution in [2.75, 3.05) is 30.8 Å². The topological polar surface area (TPSA) is 57.2 Å². The maximum Gasteiger partial charge on any atom is 0.128 e. The molecule has 0 saturated carbocycles. The number of nitrogens with zero attached hydrogens (tertiary/aromatic N) is 1. The Hall–Kier alpha value is -1.29. The normalized spacial score (nSPS) is 12.2. The minimum Gasteiger partial charge on any atom is -0.396 e. The average Bonchev–Trinajstić information content (AvgIpc) is 2.26. The zero-order valence-corrected chi connectivity index (χ0v) is 8.62. The molecule has 0 spiro atoms. The van der Waals surface area contributed by atoms with Crippen LogP contribution in [0.3, 0.4) is 0 Å². The van der Waals surface area contributed by atoms with E-state index in [2.05, 4.69) is 15.6 Å². The molecular weight excluding hydrogens is 178 g/mol. The molecule has 1 unspecified atom stereocenters. The lowest BCUT2D eigenvalue weighted by Crippen LogP contribution is -2.15. The molecule has 14 heavy (non-hydrogen) atoms. The van der Waals surface area contributed by atoms with Crippen molar-refractivity contribution in [3.05, 3.63) is 18.2 Å². The van der Waals surface area contributed by atoms with Crippen LogP contribution >= 0.6 is 0 Å². The van der Waals surface area contributed by atoms with Gasteiger partial charge in [-0.15, -0.1) is 0 Å². The predicted octanol–water partition coefficient (Wildman–Crippen LogP) is 1.16. The van der Waals surface area contributed by atoms with Crippen molar-refractivity contribution >= 4 is 11.6 Å². The van der Waals surface area contributed by atoms with Crippen LogP contribution in [0.25, 0.3) is 0 Å². The molecule has 0 saturated heterocycles. The van der Waals surface area contributed by atoms with E-state index >= 15 is 0 Å². The number of aliphatic hydroxyl groups excluding tert-OH is 1. The van der Waals surface area contributed by atoms with Crippen LogP contribution in [-0.2, 0) is 0 Å². The fraction of sp³-hybridized carbons (Fsp3) is 0.500. The van der Waals surface area contributed by atoms with Gasteiger partial charge in [0.15, 0.2) is 0 Å². The summed E-state index contributed by atoms with van der Waals surface area (Å²) in [5.74, 6) is 1.92. The number of anilines is 2. The van der Waals surface area contributed by atoms with Gasteiger partial charge >= 0.3 is 0 Å². The van der Waals surface area contributed by atoms with E-state index in [4.69, 9.17) is 5.11 Å². The van der Waals surface area contributed by atoms with E-state index in [0.29, 0.717) is 0 Å². The molecule has 0 amide bonds. The molecule has 1 aromatic rings. The van der Waals surface area contributed by atoms with Gasteiger partial charge in [0.2, 0.25) is 0 Å². The lowest BCUT2D eigenvalue weighted by atomic mass is 10.2. The third-order valence-electron chi connectivity index (χ3n) is 1.95. The maximum atomic E-state index is 8.84. The first-order valence-electron chi connectivity index (χ1n) is 4.75. The van der Waals surface area contributed by atoms with Crippen molar-refractivity contribution in [3.63, 3.8) is 0 Å². The molecular formula is C10H17N3O. The van der Waals surface area contributed by atoms with Crippen LogP contribution in [0, 0.1) is 5.92 Å². The molecule has 1 atom stereocenters. The number of nitrogens with one attached hydrogen (secondary N) is 2. The van der Waals surface area contributed by atoms with Gasteiger partial charge in [0.25, 0.3) is 0 Å². The number of aromatic nitrogens is 1. The zero-order chi connectivity index (χ0) is 10.4. The van der Waals surface area contributed by atoms with Gasteiger partial charge in [-0.05, 0) is 18.1 Å². The molecule has 78 valence electrons. The van der Waals surface area contributed by atoms with E-state index in [1.807, 2.05) is 32.2 Å².